The maximum Gasteiger partial charge on any atom is 0.281 e. The van der Waals surface area contributed by atoms with Gasteiger partial charge in [0.2, 0.25) is 0 Å². The molecule has 0 atom stereocenters. The molecule has 248 valence electrons. The molecule has 0 spiro atoms. The van der Waals surface area contributed by atoms with Gasteiger partial charge < -0.3 is 15.6 Å². The van der Waals surface area contributed by atoms with Crippen molar-refractivity contribution in [3.8, 4) is 33.9 Å². The van der Waals surface area contributed by atoms with Crippen LogP contribution in [0.5, 0.6) is 11.5 Å². The van der Waals surface area contributed by atoms with E-state index in [2.05, 4.69) is 22.0 Å². The van der Waals surface area contributed by atoms with Gasteiger partial charge in [-0.3, -0.25) is 14.2 Å². The number of rotatable bonds is 7. The highest BCUT2D eigenvalue weighted by Crippen LogP contribution is 2.47. The van der Waals surface area contributed by atoms with Crippen LogP contribution in [-0.4, -0.2) is 54.6 Å². The number of hydrogen-bond donors (Lipinski definition) is 2. The lowest BCUT2D eigenvalue weighted by molar-refractivity contribution is 0.134. The Balaban J connectivity index is 1.35. The van der Waals surface area contributed by atoms with Crippen LogP contribution < -0.4 is 16.0 Å². The van der Waals surface area contributed by atoms with Crippen molar-refractivity contribution in [3.05, 3.63) is 94.3 Å². The summed E-state index contributed by atoms with van der Waals surface area (Å²) in [6, 6.07) is 13.1. The molecule has 0 bridgehead atoms. The van der Waals surface area contributed by atoms with Crippen LogP contribution in [-0.2, 0) is 19.5 Å². The minimum Gasteiger partial charge on any atom is -0.504 e. The second-order valence-electron chi connectivity index (χ2n) is 13.2. The van der Waals surface area contributed by atoms with E-state index in [1.165, 1.54) is 6.33 Å². The van der Waals surface area contributed by atoms with Crippen molar-refractivity contribution in [3.63, 3.8) is 0 Å². The zero-order valence-electron chi connectivity index (χ0n) is 28.0. The van der Waals surface area contributed by atoms with Gasteiger partial charge in [-0.05, 0) is 70.0 Å². The number of aromatic nitrogens is 9. The highest BCUT2D eigenvalue weighted by atomic mass is 16.5. The Kier molecular flexibility index (Phi) is 6.84. The molecule has 49 heavy (non-hydrogen) atoms. The summed E-state index contributed by atoms with van der Waals surface area (Å²) in [6.45, 7) is 10.8. The molecule has 0 fully saturated rings. The second kappa shape index (κ2) is 11.0. The normalized spacial score (nSPS) is 13.7. The molecule has 8 rings (SSSR count). The lowest BCUT2D eigenvalue weighted by Gasteiger charge is -2.19. The number of phenolic OH excluding ortho intramolecular Hbond substituents is 1. The fourth-order valence-corrected chi connectivity index (χ4v) is 6.97. The Morgan fingerprint density at radius 3 is 2.57 bits per heavy atom. The average Bonchev–Trinajstić information content (AvgIpc) is 3.84. The van der Waals surface area contributed by atoms with Crippen LogP contribution in [0.15, 0.2) is 66.0 Å². The predicted octanol–water partition coefficient (Wildman–Crippen LogP) is 5.26. The number of anilines is 1. The molecule has 3 N–H and O–H groups in total. The third-order valence-corrected chi connectivity index (χ3v) is 9.10. The third kappa shape index (κ3) is 4.83. The predicted molar refractivity (Wildman–Crippen MR) is 187 cm³/mol. The van der Waals surface area contributed by atoms with Crippen molar-refractivity contribution in [1.29, 1.82) is 0 Å². The summed E-state index contributed by atoms with van der Waals surface area (Å²) in [4.78, 5) is 28.8. The topological polar surface area (TPSA) is 157 Å². The molecule has 0 saturated carbocycles. The van der Waals surface area contributed by atoms with E-state index in [-0.39, 0.29) is 23.7 Å². The van der Waals surface area contributed by atoms with Crippen molar-refractivity contribution >= 4 is 27.8 Å². The van der Waals surface area contributed by atoms with Crippen LogP contribution in [0.25, 0.3) is 44.3 Å². The monoisotopic (exact) mass is 656 g/mol. The summed E-state index contributed by atoms with van der Waals surface area (Å²) in [6.07, 6.45) is 6.67. The first-order chi connectivity index (χ1) is 23.5. The van der Waals surface area contributed by atoms with E-state index in [9.17, 15) is 9.90 Å². The van der Waals surface area contributed by atoms with Gasteiger partial charge in [0, 0.05) is 47.2 Å². The van der Waals surface area contributed by atoms with Crippen molar-refractivity contribution < 1.29 is 9.84 Å². The Morgan fingerprint density at radius 1 is 1.00 bits per heavy atom. The van der Waals surface area contributed by atoms with Gasteiger partial charge in [-0.1, -0.05) is 19.1 Å². The van der Waals surface area contributed by atoms with Crippen LogP contribution in [0.3, 0.4) is 0 Å². The minimum atomic E-state index is -0.512. The smallest absolute Gasteiger partial charge is 0.281 e. The molecular weight excluding hydrogens is 620 g/mol. The number of nitrogens with two attached hydrogens (primary N) is 1. The van der Waals surface area contributed by atoms with E-state index >= 15 is 0 Å². The van der Waals surface area contributed by atoms with Gasteiger partial charge in [0.1, 0.15) is 30.0 Å². The fourth-order valence-electron chi connectivity index (χ4n) is 6.97. The van der Waals surface area contributed by atoms with Gasteiger partial charge in [-0.25, -0.2) is 19.6 Å². The molecule has 6 heterocycles. The molecule has 0 aliphatic carbocycles. The van der Waals surface area contributed by atoms with E-state index in [0.717, 1.165) is 46.6 Å². The first kappa shape index (κ1) is 30.4. The SMILES string of the molecule is CCCn1cc(-c2cccc3nc(Cn4nc(-c5ccc(O)c6c5CC(C)(C)O6)c5c(N)ncnc54)n(-n4c(C)ccc4C)c(=O)c23)cn1. The lowest BCUT2D eigenvalue weighted by Crippen LogP contribution is -2.33. The van der Waals surface area contributed by atoms with Gasteiger partial charge in [0.25, 0.3) is 5.56 Å². The largest absolute Gasteiger partial charge is 0.504 e. The minimum absolute atomic E-state index is 0.0659. The zero-order valence-corrected chi connectivity index (χ0v) is 28.0. The van der Waals surface area contributed by atoms with Crippen molar-refractivity contribution in [2.24, 2.45) is 0 Å². The summed E-state index contributed by atoms with van der Waals surface area (Å²) >= 11 is 0. The molecule has 0 amide bonds. The third-order valence-electron chi connectivity index (χ3n) is 9.10. The summed E-state index contributed by atoms with van der Waals surface area (Å²) in [5, 5.41) is 21.3. The van der Waals surface area contributed by atoms with Gasteiger partial charge >= 0.3 is 0 Å². The van der Waals surface area contributed by atoms with E-state index in [1.54, 1.807) is 21.6 Å². The number of nitrogens with zero attached hydrogens (tertiary/aromatic N) is 9. The summed E-state index contributed by atoms with van der Waals surface area (Å²) in [5.74, 6) is 1.21. The van der Waals surface area contributed by atoms with Gasteiger partial charge in [0.05, 0.1) is 22.5 Å². The molecule has 1 aliphatic heterocycles. The molecular formula is C36H36N10O3. The zero-order chi connectivity index (χ0) is 34.2. The van der Waals surface area contributed by atoms with Crippen LogP contribution in [0.2, 0.25) is 0 Å². The first-order valence-corrected chi connectivity index (χ1v) is 16.3. The van der Waals surface area contributed by atoms with E-state index < -0.39 is 5.60 Å². The van der Waals surface area contributed by atoms with Crippen molar-refractivity contribution in [2.75, 3.05) is 5.73 Å². The molecule has 0 saturated heterocycles. The van der Waals surface area contributed by atoms with Gasteiger partial charge in [-0.15, -0.1) is 0 Å². The van der Waals surface area contributed by atoms with E-state index in [1.807, 2.05) is 79.6 Å². The van der Waals surface area contributed by atoms with Crippen LogP contribution in [0, 0.1) is 13.8 Å². The number of fused-ring (bicyclic) bond motifs is 3. The summed E-state index contributed by atoms with van der Waals surface area (Å²) in [7, 11) is 0. The number of nitrogen functional groups attached to an aromatic ring is 1. The van der Waals surface area contributed by atoms with Crippen LogP contribution >= 0.6 is 0 Å². The molecule has 7 aromatic rings. The number of ether oxygens (including phenoxy) is 1. The maximum atomic E-state index is 14.8. The Hall–Kier alpha value is -5.98. The number of phenols is 1. The molecule has 0 radical (unpaired) electrons. The average molecular weight is 657 g/mol. The van der Waals surface area contributed by atoms with Crippen molar-refractivity contribution in [1.82, 2.24) is 43.9 Å². The lowest BCUT2D eigenvalue weighted by atomic mass is 9.95. The van der Waals surface area contributed by atoms with Crippen LogP contribution in [0.4, 0.5) is 5.82 Å². The molecule has 5 aromatic heterocycles. The number of aryl methyl sites for hydroxylation is 3. The van der Waals surface area contributed by atoms with Gasteiger partial charge in [0.15, 0.2) is 23.0 Å². The highest BCUT2D eigenvalue weighted by molar-refractivity contribution is 5.99. The summed E-state index contributed by atoms with van der Waals surface area (Å²) < 4.78 is 13.2. The van der Waals surface area contributed by atoms with Crippen molar-refractivity contribution in [2.45, 2.75) is 66.2 Å². The number of aromatic hydroxyl groups is 1. The molecule has 2 aromatic carbocycles. The molecule has 13 heteroatoms. The van der Waals surface area contributed by atoms with E-state index in [0.29, 0.717) is 45.6 Å². The number of benzene rings is 2. The first-order valence-electron chi connectivity index (χ1n) is 16.3. The number of hydrogen-bond acceptors (Lipinski definition) is 9. The quantitative estimate of drug-likeness (QED) is 0.234. The highest BCUT2D eigenvalue weighted by Gasteiger charge is 2.35. The molecule has 13 nitrogen and oxygen atoms in total. The Bertz CT molecular complexity index is 2480. The van der Waals surface area contributed by atoms with E-state index in [4.69, 9.17) is 20.6 Å². The van der Waals surface area contributed by atoms with Gasteiger partial charge in [-0.2, -0.15) is 14.9 Å². The summed E-state index contributed by atoms with van der Waals surface area (Å²) in [5.41, 5.74) is 12.3. The van der Waals surface area contributed by atoms with Crippen LogP contribution in [0.1, 0.15) is 50.0 Å². The fraction of sp³-hybridized carbons (Fsp3) is 0.278. The molecule has 0 unspecified atom stereocenters. The molecule has 1 aliphatic rings. The Labute approximate surface area is 281 Å². The second-order valence-corrected chi connectivity index (χ2v) is 13.2. The Morgan fingerprint density at radius 2 is 1.80 bits per heavy atom. The standard InChI is InChI=1S/C36H36N10O3/c1-6-14-43-17-22(16-40-43)23-8-7-9-26-29(23)35(48)46(45-20(2)10-11-21(45)3)28(41-26)18-44-34-30(33(37)38-19-39-34)31(42-44)24-12-13-27(47)32-25(24)15-36(4,5)49-32/h7-13,16-17,19,47H,6,14-15,18H2,1-5H3,(H2,37,38,39). The maximum absolute atomic E-state index is 14.8.